The van der Waals surface area contributed by atoms with Crippen molar-refractivity contribution in [1.82, 2.24) is 5.32 Å². The molecule has 0 spiro atoms. The normalized spacial score (nSPS) is 21.2. The molecule has 1 aliphatic rings. The zero-order chi connectivity index (χ0) is 12.6. The highest BCUT2D eigenvalue weighted by molar-refractivity contribution is 8.14. The van der Waals surface area contributed by atoms with Crippen molar-refractivity contribution < 1.29 is 0 Å². The van der Waals surface area contributed by atoms with E-state index in [1.807, 2.05) is 23.5 Å². The summed E-state index contributed by atoms with van der Waals surface area (Å²) in [5.74, 6) is 2.34. The molecule has 1 unspecified atom stereocenters. The summed E-state index contributed by atoms with van der Waals surface area (Å²) in [7, 11) is 0. The molecule has 1 atom stereocenters. The maximum Gasteiger partial charge on any atom is 0.157 e. The van der Waals surface area contributed by atoms with E-state index in [1.165, 1.54) is 24.2 Å². The van der Waals surface area contributed by atoms with E-state index in [0.29, 0.717) is 6.04 Å². The molecule has 4 heteroatoms. The Kier molecular flexibility index (Phi) is 5.94. The Labute approximate surface area is 118 Å². The molecular formula is C14H20N2S2. The Bertz CT molecular complexity index is 379. The van der Waals surface area contributed by atoms with Gasteiger partial charge in [0.15, 0.2) is 5.17 Å². The molecule has 2 nitrogen and oxygen atoms in total. The molecule has 1 aromatic rings. The summed E-state index contributed by atoms with van der Waals surface area (Å²) in [4.78, 5) is 4.63. The summed E-state index contributed by atoms with van der Waals surface area (Å²) in [5, 5.41) is 4.62. The molecule has 1 fully saturated rings. The topological polar surface area (TPSA) is 24.4 Å². The lowest BCUT2D eigenvalue weighted by molar-refractivity contribution is 0.743. The van der Waals surface area contributed by atoms with Crippen molar-refractivity contribution in [1.29, 1.82) is 0 Å². The first-order chi connectivity index (χ1) is 8.90. The summed E-state index contributed by atoms with van der Waals surface area (Å²) < 4.78 is 0. The van der Waals surface area contributed by atoms with E-state index in [-0.39, 0.29) is 0 Å². The van der Waals surface area contributed by atoms with Gasteiger partial charge in [0.25, 0.3) is 0 Å². The van der Waals surface area contributed by atoms with Crippen molar-refractivity contribution >= 4 is 28.7 Å². The van der Waals surface area contributed by atoms with Gasteiger partial charge in [0.05, 0.1) is 6.04 Å². The van der Waals surface area contributed by atoms with E-state index >= 15 is 0 Å². The van der Waals surface area contributed by atoms with Crippen LogP contribution in [0, 0.1) is 0 Å². The molecule has 1 aliphatic heterocycles. The monoisotopic (exact) mass is 280 g/mol. The lowest BCUT2D eigenvalue weighted by Gasteiger charge is -2.09. The van der Waals surface area contributed by atoms with E-state index in [9.17, 15) is 0 Å². The quantitative estimate of drug-likeness (QED) is 0.806. The minimum Gasteiger partial charge on any atom is -0.357 e. The fourth-order valence-corrected chi connectivity index (χ4v) is 3.39. The van der Waals surface area contributed by atoms with Gasteiger partial charge < -0.3 is 5.32 Å². The Morgan fingerprint density at radius 1 is 1.33 bits per heavy atom. The van der Waals surface area contributed by atoms with Gasteiger partial charge in [-0.15, -0.1) is 0 Å². The Morgan fingerprint density at radius 2 is 2.17 bits per heavy atom. The van der Waals surface area contributed by atoms with Crippen LogP contribution in [0.1, 0.15) is 24.4 Å². The smallest absolute Gasteiger partial charge is 0.157 e. The minimum atomic E-state index is 0.432. The molecule has 98 valence electrons. The predicted octanol–water partition coefficient (Wildman–Crippen LogP) is 3.56. The number of nitrogens with one attached hydrogen (secondary N) is 1. The van der Waals surface area contributed by atoms with Crippen LogP contribution in [0.5, 0.6) is 0 Å². The molecule has 1 heterocycles. The van der Waals surface area contributed by atoms with Crippen LogP contribution < -0.4 is 5.32 Å². The Balaban J connectivity index is 1.76. The summed E-state index contributed by atoms with van der Waals surface area (Å²) in [6.45, 7) is 0.956. The lowest BCUT2D eigenvalue weighted by Crippen LogP contribution is -2.19. The zero-order valence-corrected chi connectivity index (χ0v) is 12.4. The molecule has 0 radical (unpaired) electrons. The molecule has 0 saturated carbocycles. The van der Waals surface area contributed by atoms with Gasteiger partial charge in [-0.05, 0) is 30.4 Å². The van der Waals surface area contributed by atoms with Crippen LogP contribution in [0.4, 0.5) is 0 Å². The predicted molar refractivity (Wildman–Crippen MR) is 84.7 cm³/mol. The molecule has 0 amide bonds. The first-order valence-corrected chi connectivity index (χ1v) is 8.76. The van der Waals surface area contributed by atoms with Crippen molar-refractivity contribution in [2.75, 3.05) is 24.3 Å². The Hall–Kier alpha value is -0.610. The molecule has 1 N–H and O–H groups in total. The van der Waals surface area contributed by atoms with Crippen molar-refractivity contribution in [2.24, 2.45) is 4.99 Å². The summed E-state index contributed by atoms with van der Waals surface area (Å²) in [6.07, 6.45) is 4.62. The number of unbranched alkanes of at least 4 members (excludes halogenated alkanes) is 1. The van der Waals surface area contributed by atoms with Crippen molar-refractivity contribution in [3.63, 3.8) is 0 Å². The van der Waals surface area contributed by atoms with E-state index in [1.54, 1.807) is 0 Å². The van der Waals surface area contributed by atoms with Gasteiger partial charge >= 0.3 is 0 Å². The highest BCUT2D eigenvalue weighted by Crippen LogP contribution is 2.25. The Morgan fingerprint density at radius 3 is 2.94 bits per heavy atom. The van der Waals surface area contributed by atoms with Crippen molar-refractivity contribution in [3.05, 3.63) is 35.9 Å². The number of rotatable bonds is 6. The fraction of sp³-hybridized carbons (Fsp3) is 0.500. The maximum atomic E-state index is 4.63. The van der Waals surface area contributed by atoms with Gasteiger partial charge in [-0.2, -0.15) is 11.8 Å². The van der Waals surface area contributed by atoms with Gasteiger partial charge in [0, 0.05) is 12.3 Å². The molecule has 2 rings (SSSR count). The molecule has 1 aromatic carbocycles. The lowest BCUT2D eigenvalue weighted by atomic mass is 10.1. The molecule has 1 saturated heterocycles. The summed E-state index contributed by atoms with van der Waals surface area (Å²) in [6, 6.07) is 11.0. The minimum absolute atomic E-state index is 0.432. The number of hydrogen-bond donors (Lipinski definition) is 1. The van der Waals surface area contributed by atoms with Gasteiger partial charge in [0.2, 0.25) is 0 Å². The van der Waals surface area contributed by atoms with Crippen LogP contribution in [0.15, 0.2) is 35.3 Å². The zero-order valence-electron chi connectivity index (χ0n) is 10.8. The van der Waals surface area contributed by atoms with Crippen molar-refractivity contribution in [3.8, 4) is 0 Å². The standard InChI is InChI=1S/C14H20N2S2/c1-17-10-6-5-9-15-14-16-13(11-18-14)12-7-3-2-4-8-12/h2-4,7-8,13H,5-6,9-11H2,1H3,(H,15,16). The van der Waals surface area contributed by atoms with Gasteiger partial charge in [0.1, 0.15) is 0 Å². The second kappa shape index (κ2) is 7.74. The van der Waals surface area contributed by atoms with Crippen molar-refractivity contribution in [2.45, 2.75) is 18.9 Å². The fourth-order valence-electron chi connectivity index (χ4n) is 1.89. The SMILES string of the molecule is CSCCCCN=C1NC(c2ccccc2)CS1. The van der Waals surface area contributed by atoms with Crippen LogP contribution in [-0.4, -0.2) is 29.5 Å². The van der Waals surface area contributed by atoms with Crippen LogP contribution in [0.3, 0.4) is 0 Å². The van der Waals surface area contributed by atoms with E-state index in [0.717, 1.165) is 17.5 Å². The third kappa shape index (κ3) is 4.25. The molecule has 0 bridgehead atoms. The van der Waals surface area contributed by atoms with Crippen LogP contribution in [-0.2, 0) is 0 Å². The third-order valence-corrected chi connectivity index (χ3v) is 4.62. The second-order valence-electron chi connectivity index (χ2n) is 4.31. The number of benzene rings is 1. The average molecular weight is 280 g/mol. The first-order valence-electron chi connectivity index (χ1n) is 6.38. The second-order valence-corrected chi connectivity index (χ2v) is 6.30. The summed E-state index contributed by atoms with van der Waals surface area (Å²) >= 11 is 3.76. The molecular weight excluding hydrogens is 260 g/mol. The average Bonchev–Trinajstić information content (AvgIpc) is 2.88. The number of aliphatic imine (C=N–C) groups is 1. The number of hydrogen-bond acceptors (Lipinski definition) is 3. The van der Waals surface area contributed by atoms with Gasteiger partial charge in [-0.1, -0.05) is 42.1 Å². The molecule has 0 aromatic heterocycles. The van der Waals surface area contributed by atoms with E-state index < -0.39 is 0 Å². The number of thioether (sulfide) groups is 2. The highest BCUT2D eigenvalue weighted by Gasteiger charge is 2.20. The van der Waals surface area contributed by atoms with Gasteiger partial charge in [-0.3, -0.25) is 4.99 Å². The number of nitrogens with zero attached hydrogens (tertiary/aromatic N) is 1. The van der Waals surface area contributed by atoms with Gasteiger partial charge in [-0.25, -0.2) is 0 Å². The van der Waals surface area contributed by atoms with Crippen LogP contribution >= 0.6 is 23.5 Å². The van der Waals surface area contributed by atoms with E-state index in [2.05, 4.69) is 46.9 Å². The largest absolute Gasteiger partial charge is 0.357 e. The molecule has 0 aliphatic carbocycles. The molecule has 18 heavy (non-hydrogen) atoms. The van der Waals surface area contributed by atoms with Crippen LogP contribution in [0.25, 0.3) is 0 Å². The van der Waals surface area contributed by atoms with Crippen LogP contribution in [0.2, 0.25) is 0 Å². The highest BCUT2D eigenvalue weighted by atomic mass is 32.2. The van der Waals surface area contributed by atoms with E-state index in [4.69, 9.17) is 0 Å². The maximum absolute atomic E-state index is 4.63. The number of amidine groups is 1. The summed E-state index contributed by atoms with van der Waals surface area (Å²) in [5.41, 5.74) is 1.36. The third-order valence-electron chi connectivity index (χ3n) is 2.90. The first kappa shape index (κ1) is 13.8.